The van der Waals surface area contributed by atoms with Crippen LogP contribution in [0.25, 0.3) is 11.2 Å². The summed E-state index contributed by atoms with van der Waals surface area (Å²) in [7, 11) is 0. The molecule has 2 unspecified atom stereocenters. The van der Waals surface area contributed by atoms with E-state index < -0.39 is 30.4 Å². The van der Waals surface area contributed by atoms with Gasteiger partial charge in [0.15, 0.2) is 23.8 Å². The summed E-state index contributed by atoms with van der Waals surface area (Å²) < 4.78 is 7.23. The maximum absolute atomic E-state index is 13.2. The summed E-state index contributed by atoms with van der Waals surface area (Å²) in [5.74, 6) is -0.677. The molecule has 2 saturated heterocycles. The molecule has 15 heteroatoms. The summed E-state index contributed by atoms with van der Waals surface area (Å²) in [6.45, 7) is 1.99. The molecule has 3 aliphatic rings. The molecule has 6 N–H and O–H groups in total. The predicted molar refractivity (Wildman–Crippen MR) is 135 cm³/mol. The van der Waals surface area contributed by atoms with E-state index >= 15 is 0 Å². The highest BCUT2D eigenvalue weighted by molar-refractivity contribution is 6.02. The van der Waals surface area contributed by atoms with E-state index in [4.69, 9.17) is 10.5 Å². The van der Waals surface area contributed by atoms with Gasteiger partial charge in [0.2, 0.25) is 5.91 Å². The number of fused-ring (bicyclic) bond motifs is 2. The average molecular weight is 538 g/mol. The third-order valence-corrected chi connectivity index (χ3v) is 7.31. The van der Waals surface area contributed by atoms with E-state index in [0.717, 1.165) is 5.56 Å². The van der Waals surface area contributed by atoms with Crippen LogP contribution in [0.4, 0.5) is 11.5 Å². The topological polar surface area (TPSA) is 201 Å². The van der Waals surface area contributed by atoms with Crippen LogP contribution in [0.5, 0.6) is 0 Å². The molecule has 0 aliphatic carbocycles. The zero-order valence-electron chi connectivity index (χ0n) is 20.7. The number of nitrogens with zero attached hydrogens (tertiary/aromatic N) is 6. The first-order valence-electron chi connectivity index (χ1n) is 12.5. The molecule has 3 aliphatic heterocycles. The minimum atomic E-state index is -1.46. The lowest BCUT2D eigenvalue weighted by Crippen LogP contribution is -2.54. The number of aliphatic hydroxyl groups excluding tert-OH is 2. The third kappa shape index (κ3) is 4.44. The van der Waals surface area contributed by atoms with E-state index in [1.807, 2.05) is 4.90 Å². The quantitative estimate of drug-likeness (QED) is 0.242. The van der Waals surface area contributed by atoms with Crippen molar-refractivity contribution >= 4 is 40.4 Å². The number of nitrogens with two attached hydrogens (primary N) is 1. The van der Waals surface area contributed by atoms with Crippen molar-refractivity contribution in [3.8, 4) is 0 Å². The van der Waals surface area contributed by atoms with Gasteiger partial charge >= 0.3 is 0 Å². The van der Waals surface area contributed by atoms with Gasteiger partial charge in [0, 0.05) is 49.5 Å². The number of aliphatic hydroxyl groups is 2. The standard InChI is InChI=1S/C24H27N9O6/c25-20-16-21(28-10-27-20)33(11-29-16)24-18(36)17(35)19(39-24)23(38)32-6-4-31(5-7-32)9-15(34)30-14-3-1-2-12-13(14)8-26-22(12)37/h1-3,10-11,17-19,24,35-36H,4-9H2,(H,26,37)(H,30,34)(H2,25,27,28)/t17?,18?,19-,24+/m0/s1. The Bertz CT molecular complexity index is 1450. The molecule has 3 aromatic rings. The van der Waals surface area contributed by atoms with Crippen molar-refractivity contribution in [3.05, 3.63) is 42.0 Å². The van der Waals surface area contributed by atoms with E-state index in [1.54, 1.807) is 23.1 Å². The number of carbonyl (C=O) groups excluding carboxylic acids is 3. The Kier molecular flexibility index (Phi) is 6.34. The molecule has 3 amide bonds. The number of rotatable bonds is 5. The fourth-order valence-electron chi connectivity index (χ4n) is 5.22. The molecule has 15 nitrogen and oxygen atoms in total. The van der Waals surface area contributed by atoms with Gasteiger partial charge in [-0.2, -0.15) is 0 Å². The van der Waals surface area contributed by atoms with E-state index in [9.17, 15) is 24.6 Å². The van der Waals surface area contributed by atoms with Crippen LogP contribution in [0.2, 0.25) is 0 Å². The number of carbonyl (C=O) groups is 3. The van der Waals surface area contributed by atoms with Crippen molar-refractivity contribution in [2.45, 2.75) is 31.1 Å². The number of piperazine rings is 1. The third-order valence-electron chi connectivity index (χ3n) is 7.31. The van der Waals surface area contributed by atoms with Crippen LogP contribution in [-0.4, -0.2) is 108 Å². The second kappa shape index (κ2) is 9.85. The number of benzene rings is 1. The van der Waals surface area contributed by atoms with Crippen molar-refractivity contribution < 1.29 is 29.3 Å². The lowest BCUT2D eigenvalue weighted by atomic mass is 10.1. The molecule has 2 fully saturated rings. The minimum Gasteiger partial charge on any atom is -0.387 e. The number of nitrogens with one attached hydrogen (secondary N) is 2. The number of hydrogen-bond acceptors (Lipinski definition) is 11. The Labute approximate surface area is 221 Å². The van der Waals surface area contributed by atoms with E-state index in [1.165, 1.54) is 17.2 Å². The normalized spacial score (nSPS) is 25.1. The highest BCUT2D eigenvalue weighted by Gasteiger charge is 2.49. The molecule has 0 spiro atoms. The van der Waals surface area contributed by atoms with Crippen LogP contribution in [0.15, 0.2) is 30.9 Å². The molecule has 0 saturated carbocycles. The van der Waals surface area contributed by atoms with E-state index in [2.05, 4.69) is 25.6 Å². The number of imidazole rings is 1. The second-order valence-electron chi connectivity index (χ2n) is 9.68. The van der Waals surface area contributed by atoms with Crippen LogP contribution in [-0.2, 0) is 20.9 Å². The number of aromatic nitrogens is 4. The summed E-state index contributed by atoms with van der Waals surface area (Å²) in [4.78, 5) is 53.4. The maximum atomic E-state index is 13.2. The van der Waals surface area contributed by atoms with Crippen LogP contribution >= 0.6 is 0 Å². The van der Waals surface area contributed by atoms with Gasteiger partial charge < -0.3 is 36.2 Å². The summed E-state index contributed by atoms with van der Waals surface area (Å²) in [5, 5.41) is 26.9. The molecule has 39 heavy (non-hydrogen) atoms. The second-order valence-corrected chi connectivity index (χ2v) is 9.68. The van der Waals surface area contributed by atoms with Crippen LogP contribution < -0.4 is 16.4 Å². The highest BCUT2D eigenvalue weighted by Crippen LogP contribution is 2.33. The van der Waals surface area contributed by atoms with Gasteiger partial charge in [-0.1, -0.05) is 6.07 Å². The summed E-state index contributed by atoms with van der Waals surface area (Å²) >= 11 is 0. The van der Waals surface area contributed by atoms with Gasteiger partial charge in [-0.25, -0.2) is 15.0 Å². The van der Waals surface area contributed by atoms with Crippen molar-refractivity contribution in [1.82, 2.24) is 34.6 Å². The average Bonchev–Trinajstić information content (AvgIpc) is 3.61. The Balaban J connectivity index is 1.05. The first-order chi connectivity index (χ1) is 18.8. The largest absolute Gasteiger partial charge is 0.387 e. The van der Waals surface area contributed by atoms with Gasteiger partial charge in [0.1, 0.15) is 24.1 Å². The lowest BCUT2D eigenvalue weighted by Gasteiger charge is -2.35. The van der Waals surface area contributed by atoms with Crippen molar-refractivity contribution in [2.24, 2.45) is 0 Å². The van der Waals surface area contributed by atoms with Gasteiger partial charge in [-0.15, -0.1) is 0 Å². The maximum Gasteiger partial charge on any atom is 0.254 e. The van der Waals surface area contributed by atoms with Crippen LogP contribution in [0, 0.1) is 0 Å². The summed E-state index contributed by atoms with van der Waals surface area (Å²) in [6, 6.07) is 5.21. The predicted octanol–water partition coefficient (Wildman–Crippen LogP) is -1.95. The zero-order valence-corrected chi connectivity index (χ0v) is 20.7. The molecular formula is C24H27N9O6. The van der Waals surface area contributed by atoms with E-state index in [-0.39, 0.29) is 24.2 Å². The van der Waals surface area contributed by atoms with Crippen molar-refractivity contribution in [3.63, 3.8) is 0 Å². The Morgan fingerprint density at radius 1 is 1.13 bits per heavy atom. The molecular weight excluding hydrogens is 510 g/mol. The molecule has 0 bridgehead atoms. The Morgan fingerprint density at radius 2 is 1.92 bits per heavy atom. The van der Waals surface area contributed by atoms with Crippen LogP contribution in [0.3, 0.4) is 0 Å². The monoisotopic (exact) mass is 537 g/mol. The minimum absolute atomic E-state index is 0.120. The van der Waals surface area contributed by atoms with Crippen molar-refractivity contribution in [1.29, 1.82) is 0 Å². The number of nitrogen functional groups attached to an aromatic ring is 1. The molecule has 6 rings (SSSR count). The highest BCUT2D eigenvalue weighted by atomic mass is 16.6. The van der Waals surface area contributed by atoms with Gasteiger partial charge in [-0.3, -0.25) is 23.9 Å². The summed E-state index contributed by atoms with van der Waals surface area (Å²) in [5.41, 5.74) is 8.38. The number of ether oxygens (including phenoxy) is 1. The van der Waals surface area contributed by atoms with Crippen molar-refractivity contribution in [2.75, 3.05) is 43.8 Å². The smallest absolute Gasteiger partial charge is 0.254 e. The van der Waals surface area contributed by atoms with Gasteiger partial charge in [0.25, 0.3) is 11.8 Å². The van der Waals surface area contributed by atoms with E-state index in [0.29, 0.717) is 55.1 Å². The zero-order chi connectivity index (χ0) is 27.3. The fourth-order valence-corrected chi connectivity index (χ4v) is 5.22. The SMILES string of the molecule is Nc1ncnc2c1ncn2[C@@H]1O[C@H](C(=O)N2CCN(CC(=O)Nc3cccc4c3CNC4=O)CC2)C(O)C1O. The first-order valence-corrected chi connectivity index (χ1v) is 12.5. The molecule has 4 atom stereocenters. The van der Waals surface area contributed by atoms with Gasteiger partial charge in [0.05, 0.1) is 12.9 Å². The molecule has 204 valence electrons. The van der Waals surface area contributed by atoms with Crippen LogP contribution in [0.1, 0.15) is 22.1 Å². The molecule has 0 radical (unpaired) electrons. The van der Waals surface area contributed by atoms with Gasteiger partial charge in [-0.05, 0) is 12.1 Å². The fraction of sp³-hybridized carbons (Fsp3) is 0.417. The molecule has 5 heterocycles. The first kappa shape index (κ1) is 25.1. The number of hydrogen-bond donors (Lipinski definition) is 5. The number of anilines is 2. The number of amides is 3. The Morgan fingerprint density at radius 3 is 2.72 bits per heavy atom. The Hall–Kier alpha value is -4.18. The molecule has 1 aromatic carbocycles. The lowest BCUT2D eigenvalue weighted by molar-refractivity contribution is -0.150. The summed E-state index contributed by atoms with van der Waals surface area (Å²) in [6.07, 6.45) is -2.62. The molecule has 2 aromatic heterocycles.